The second-order valence-corrected chi connectivity index (χ2v) is 3.93. The zero-order chi connectivity index (χ0) is 13.0. The average molecular weight is 241 g/mol. The Morgan fingerprint density at radius 1 is 1.11 bits per heavy atom. The summed E-state index contributed by atoms with van der Waals surface area (Å²) in [5.41, 5.74) is 9.49. The van der Waals surface area contributed by atoms with Crippen LogP contribution in [0.2, 0.25) is 0 Å². The molecule has 3 nitrogen and oxygen atoms in total. The summed E-state index contributed by atoms with van der Waals surface area (Å²) in [6.45, 7) is 0.495. The van der Waals surface area contributed by atoms with E-state index in [4.69, 9.17) is 5.73 Å². The predicted molar refractivity (Wildman–Crippen MR) is 71.1 cm³/mol. The molecule has 18 heavy (non-hydrogen) atoms. The third kappa shape index (κ3) is 2.41. The van der Waals surface area contributed by atoms with Gasteiger partial charge in [0.05, 0.1) is 12.7 Å². The van der Waals surface area contributed by atoms with Crippen LogP contribution in [0.1, 0.15) is 15.9 Å². The number of hydrogen-bond acceptors (Lipinski definition) is 3. The molecular weight excluding hydrogens is 226 g/mol. The second kappa shape index (κ2) is 5.47. The third-order valence-corrected chi connectivity index (χ3v) is 2.85. The molecule has 0 aliphatic heterocycles. The van der Waals surface area contributed by atoms with Crippen molar-refractivity contribution in [2.45, 2.75) is 6.54 Å². The zero-order valence-electron chi connectivity index (χ0n) is 10.2. The van der Waals surface area contributed by atoms with Crippen molar-refractivity contribution in [3.8, 4) is 11.1 Å². The van der Waals surface area contributed by atoms with Gasteiger partial charge in [0.2, 0.25) is 0 Å². The highest BCUT2D eigenvalue weighted by Gasteiger charge is 2.06. The molecule has 0 aliphatic rings. The van der Waals surface area contributed by atoms with Crippen LogP contribution in [-0.4, -0.2) is 13.1 Å². The van der Waals surface area contributed by atoms with Crippen LogP contribution in [0.4, 0.5) is 0 Å². The molecule has 3 heteroatoms. The van der Waals surface area contributed by atoms with Crippen molar-refractivity contribution in [1.29, 1.82) is 0 Å². The van der Waals surface area contributed by atoms with Gasteiger partial charge >= 0.3 is 5.97 Å². The largest absolute Gasteiger partial charge is 0.465 e. The van der Waals surface area contributed by atoms with Gasteiger partial charge in [0, 0.05) is 6.54 Å². The first-order valence-corrected chi connectivity index (χ1v) is 5.73. The fourth-order valence-corrected chi connectivity index (χ4v) is 1.88. The first-order valence-electron chi connectivity index (χ1n) is 5.73. The Hall–Kier alpha value is -2.13. The fourth-order valence-electron chi connectivity index (χ4n) is 1.88. The van der Waals surface area contributed by atoms with Gasteiger partial charge in [-0.1, -0.05) is 36.4 Å². The molecule has 0 unspecified atom stereocenters. The normalized spacial score (nSPS) is 10.1. The molecule has 0 bridgehead atoms. The van der Waals surface area contributed by atoms with Crippen molar-refractivity contribution in [2.24, 2.45) is 5.73 Å². The van der Waals surface area contributed by atoms with E-state index in [-0.39, 0.29) is 5.97 Å². The second-order valence-electron chi connectivity index (χ2n) is 3.93. The topological polar surface area (TPSA) is 52.3 Å². The number of rotatable bonds is 3. The maximum atomic E-state index is 11.3. The minimum Gasteiger partial charge on any atom is -0.465 e. The number of methoxy groups -OCH3 is 1. The van der Waals surface area contributed by atoms with Gasteiger partial charge in [-0.05, 0) is 28.8 Å². The summed E-state index contributed by atoms with van der Waals surface area (Å²) in [7, 11) is 1.37. The van der Waals surface area contributed by atoms with Gasteiger partial charge in [0.25, 0.3) is 0 Å². The quantitative estimate of drug-likeness (QED) is 0.840. The van der Waals surface area contributed by atoms with Crippen LogP contribution in [0.5, 0.6) is 0 Å². The van der Waals surface area contributed by atoms with Crippen LogP contribution in [0.25, 0.3) is 11.1 Å². The van der Waals surface area contributed by atoms with E-state index in [1.54, 1.807) is 12.1 Å². The Morgan fingerprint density at radius 2 is 1.78 bits per heavy atom. The van der Waals surface area contributed by atoms with Gasteiger partial charge < -0.3 is 10.5 Å². The lowest BCUT2D eigenvalue weighted by molar-refractivity contribution is 0.0601. The monoisotopic (exact) mass is 241 g/mol. The summed E-state index contributed by atoms with van der Waals surface area (Å²) in [4.78, 5) is 11.3. The summed E-state index contributed by atoms with van der Waals surface area (Å²) in [5, 5.41) is 0. The van der Waals surface area contributed by atoms with Gasteiger partial charge in [-0.15, -0.1) is 0 Å². The van der Waals surface area contributed by atoms with E-state index in [1.165, 1.54) is 7.11 Å². The van der Waals surface area contributed by atoms with Crippen molar-refractivity contribution in [3.63, 3.8) is 0 Å². The van der Waals surface area contributed by atoms with Crippen molar-refractivity contribution in [3.05, 3.63) is 59.7 Å². The average Bonchev–Trinajstić information content (AvgIpc) is 2.46. The lowest BCUT2D eigenvalue weighted by Crippen LogP contribution is -2.01. The smallest absolute Gasteiger partial charge is 0.337 e. The SMILES string of the molecule is COC(=O)c1ccc(-c2ccccc2CN)cc1. The molecule has 0 saturated carbocycles. The number of carbonyl (C=O) groups is 1. The number of nitrogens with two attached hydrogens (primary N) is 1. The first-order chi connectivity index (χ1) is 8.76. The van der Waals surface area contributed by atoms with Crippen LogP contribution in [0.3, 0.4) is 0 Å². The van der Waals surface area contributed by atoms with E-state index in [9.17, 15) is 4.79 Å². The molecule has 0 heterocycles. The van der Waals surface area contributed by atoms with Gasteiger partial charge in [-0.3, -0.25) is 0 Å². The molecule has 2 aromatic rings. The summed E-state index contributed by atoms with van der Waals surface area (Å²) < 4.78 is 4.67. The van der Waals surface area contributed by atoms with Crippen LogP contribution in [-0.2, 0) is 11.3 Å². The lowest BCUT2D eigenvalue weighted by atomic mass is 9.99. The van der Waals surface area contributed by atoms with Gasteiger partial charge in [-0.2, -0.15) is 0 Å². The minimum atomic E-state index is -0.325. The number of esters is 1. The standard InChI is InChI=1S/C15H15NO2/c1-18-15(17)12-8-6-11(7-9-12)14-5-3-2-4-13(14)10-16/h2-9H,10,16H2,1H3. The molecule has 92 valence electrons. The van der Waals surface area contributed by atoms with Crippen LogP contribution in [0, 0.1) is 0 Å². The molecule has 2 N–H and O–H groups in total. The summed E-state index contributed by atoms with van der Waals surface area (Å²) in [6.07, 6.45) is 0. The highest BCUT2D eigenvalue weighted by Crippen LogP contribution is 2.23. The molecule has 0 aliphatic carbocycles. The molecule has 2 aromatic carbocycles. The molecule has 0 aromatic heterocycles. The lowest BCUT2D eigenvalue weighted by Gasteiger charge is -2.08. The van der Waals surface area contributed by atoms with E-state index < -0.39 is 0 Å². The molecule has 0 atom stereocenters. The van der Waals surface area contributed by atoms with Crippen molar-refractivity contribution in [2.75, 3.05) is 7.11 Å². The maximum Gasteiger partial charge on any atom is 0.337 e. The first kappa shape index (κ1) is 12.3. The Morgan fingerprint density at radius 3 is 2.39 bits per heavy atom. The molecular formula is C15H15NO2. The molecule has 0 spiro atoms. The number of carbonyl (C=O) groups excluding carboxylic acids is 1. The van der Waals surface area contributed by atoms with E-state index in [1.807, 2.05) is 36.4 Å². The highest BCUT2D eigenvalue weighted by molar-refractivity contribution is 5.90. The van der Waals surface area contributed by atoms with E-state index in [0.29, 0.717) is 12.1 Å². The summed E-state index contributed by atoms with van der Waals surface area (Å²) in [6, 6.07) is 15.3. The van der Waals surface area contributed by atoms with Crippen LogP contribution < -0.4 is 5.73 Å². The Bertz CT molecular complexity index is 547. The Labute approximate surface area is 106 Å². The zero-order valence-corrected chi connectivity index (χ0v) is 10.2. The third-order valence-electron chi connectivity index (χ3n) is 2.85. The fraction of sp³-hybridized carbons (Fsp3) is 0.133. The maximum absolute atomic E-state index is 11.3. The van der Waals surface area contributed by atoms with Crippen molar-refractivity contribution >= 4 is 5.97 Å². The molecule has 0 amide bonds. The number of benzene rings is 2. The van der Waals surface area contributed by atoms with Crippen LogP contribution in [0.15, 0.2) is 48.5 Å². The van der Waals surface area contributed by atoms with Gasteiger partial charge in [0.1, 0.15) is 0 Å². The Balaban J connectivity index is 2.37. The minimum absolute atomic E-state index is 0.325. The Kier molecular flexibility index (Phi) is 3.75. The van der Waals surface area contributed by atoms with Gasteiger partial charge in [0.15, 0.2) is 0 Å². The van der Waals surface area contributed by atoms with E-state index >= 15 is 0 Å². The van der Waals surface area contributed by atoms with E-state index in [0.717, 1.165) is 16.7 Å². The van der Waals surface area contributed by atoms with E-state index in [2.05, 4.69) is 4.74 Å². The van der Waals surface area contributed by atoms with Crippen molar-refractivity contribution < 1.29 is 9.53 Å². The molecule has 0 radical (unpaired) electrons. The summed E-state index contributed by atoms with van der Waals surface area (Å²) >= 11 is 0. The number of ether oxygens (including phenoxy) is 1. The highest BCUT2D eigenvalue weighted by atomic mass is 16.5. The summed E-state index contributed by atoms with van der Waals surface area (Å²) in [5.74, 6) is -0.325. The molecule has 2 rings (SSSR count). The molecule has 0 saturated heterocycles. The molecule has 0 fully saturated rings. The number of hydrogen-bond donors (Lipinski definition) is 1. The van der Waals surface area contributed by atoms with Gasteiger partial charge in [-0.25, -0.2) is 4.79 Å². The van der Waals surface area contributed by atoms with Crippen LogP contribution >= 0.6 is 0 Å². The predicted octanol–water partition coefficient (Wildman–Crippen LogP) is 2.60. The van der Waals surface area contributed by atoms with Crippen molar-refractivity contribution in [1.82, 2.24) is 0 Å².